The molecule has 0 aliphatic carbocycles. The number of pyridine rings is 1. The van der Waals surface area contributed by atoms with Gasteiger partial charge < -0.3 is 13.9 Å². The second kappa shape index (κ2) is 7.36. The smallest absolute Gasteiger partial charge is 0.347 e. The third kappa shape index (κ3) is 3.35. The first-order valence-electron chi connectivity index (χ1n) is 8.50. The topological polar surface area (TPSA) is 78.6 Å². The van der Waals surface area contributed by atoms with Crippen LogP contribution in [0.1, 0.15) is 10.4 Å². The molecule has 28 heavy (non-hydrogen) atoms. The van der Waals surface area contributed by atoms with Crippen LogP contribution in [0.25, 0.3) is 22.2 Å². The van der Waals surface area contributed by atoms with Crippen LogP contribution in [0.2, 0.25) is 0 Å². The molecule has 0 amide bonds. The van der Waals surface area contributed by atoms with Gasteiger partial charge >= 0.3 is 11.6 Å². The third-order valence-corrected chi connectivity index (χ3v) is 4.19. The number of methoxy groups -OCH3 is 1. The van der Waals surface area contributed by atoms with Gasteiger partial charge in [0.15, 0.2) is 0 Å². The summed E-state index contributed by atoms with van der Waals surface area (Å²) in [6.07, 6.45) is 1.61. The van der Waals surface area contributed by atoms with Gasteiger partial charge in [0.2, 0.25) is 0 Å². The summed E-state index contributed by atoms with van der Waals surface area (Å²) in [5.41, 5.74) is 1.00. The maximum atomic E-state index is 12.4. The predicted molar refractivity (Wildman–Crippen MR) is 104 cm³/mol. The van der Waals surface area contributed by atoms with Gasteiger partial charge in [0, 0.05) is 17.6 Å². The zero-order chi connectivity index (χ0) is 19.5. The molecule has 2 aromatic carbocycles. The summed E-state index contributed by atoms with van der Waals surface area (Å²) in [5, 5.41) is 0.692. The van der Waals surface area contributed by atoms with Gasteiger partial charge in [-0.3, -0.25) is 4.98 Å². The zero-order valence-electron chi connectivity index (χ0n) is 14.9. The number of para-hydroxylation sites is 1. The fourth-order valence-electron chi connectivity index (χ4n) is 2.83. The molecule has 2 heterocycles. The van der Waals surface area contributed by atoms with Gasteiger partial charge in [0.1, 0.15) is 22.6 Å². The Morgan fingerprint density at radius 1 is 1.00 bits per heavy atom. The van der Waals surface area contributed by atoms with Crippen LogP contribution in [-0.2, 0) is 0 Å². The Morgan fingerprint density at radius 3 is 2.61 bits per heavy atom. The summed E-state index contributed by atoms with van der Waals surface area (Å²) in [4.78, 5) is 29.0. The largest absolute Gasteiger partial charge is 0.496 e. The lowest BCUT2D eigenvalue weighted by molar-refractivity contribution is 0.0731. The monoisotopic (exact) mass is 373 g/mol. The lowest BCUT2D eigenvalue weighted by Gasteiger charge is -2.09. The normalized spacial score (nSPS) is 10.6. The van der Waals surface area contributed by atoms with E-state index in [-0.39, 0.29) is 5.75 Å². The number of aromatic nitrogens is 1. The molecule has 6 nitrogen and oxygen atoms in total. The summed E-state index contributed by atoms with van der Waals surface area (Å²) >= 11 is 0. The van der Waals surface area contributed by atoms with E-state index >= 15 is 0 Å². The van der Waals surface area contributed by atoms with E-state index < -0.39 is 11.6 Å². The van der Waals surface area contributed by atoms with Crippen molar-refractivity contribution >= 4 is 16.9 Å². The molecular weight excluding hydrogens is 358 g/mol. The number of benzene rings is 2. The molecule has 6 heteroatoms. The van der Waals surface area contributed by atoms with E-state index in [1.54, 1.807) is 66.9 Å². The molecular formula is C22H15NO5. The van der Waals surface area contributed by atoms with Crippen LogP contribution in [0.3, 0.4) is 0 Å². The minimum absolute atomic E-state index is 0.261. The molecule has 0 spiro atoms. The molecule has 2 aromatic heterocycles. The van der Waals surface area contributed by atoms with Gasteiger partial charge in [0.25, 0.3) is 0 Å². The third-order valence-electron chi connectivity index (χ3n) is 4.19. The molecule has 0 unspecified atom stereocenters. The highest BCUT2D eigenvalue weighted by atomic mass is 16.5. The molecule has 0 atom stereocenters. The highest BCUT2D eigenvalue weighted by Gasteiger charge is 2.15. The minimum Gasteiger partial charge on any atom is -0.496 e. The quantitative estimate of drug-likeness (QED) is 0.305. The van der Waals surface area contributed by atoms with E-state index in [1.165, 1.54) is 13.2 Å². The number of hydrogen-bond acceptors (Lipinski definition) is 6. The molecule has 0 saturated carbocycles. The van der Waals surface area contributed by atoms with Crippen LogP contribution in [-0.4, -0.2) is 18.1 Å². The Bertz CT molecular complexity index is 1210. The molecule has 4 rings (SSSR count). The Labute approximate surface area is 160 Å². The molecule has 0 fully saturated rings. The van der Waals surface area contributed by atoms with Crippen molar-refractivity contribution < 1.29 is 18.7 Å². The van der Waals surface area contributed by atoms with E-state index in [0.29, 0.717) is 33.5 Å². The zero-order valence-corrected chi connectivity index (χ0v) is 14.9. The second-order valence-electron chi connectivity index (χ2n) is 5.95. The number of rotatable bonds is 4. The minimum atomic E-state index is -0.566. The number of hydrogen-bond donors (Lipinski definition) is 0. The summed E-state index contributed by atoms with van der Waals surface area (Å²) in [5.74, 6) is 0.112. The molecule has 0 saturated heterocycles. The maximum Gasteiger partial charge on any atom is 0.347 e. The Hall–Kier alpha value is -3.93. The number of nitrogens with zero attached hydrogens (tertiary/aromatic N) is 1. The summed E-state index contributed by atoms with van der Waals surface area (Å²) in [6.45, 7) is 0. The second-order valence-corrected chi connectivity index (χ2v) is 5.95. The highest BCUT2D eigenvalue weighted by molar-refractivity contribution is 5.94. The van der Waals surface area contributed by atoms with Gasteiger partial charge in [-0.25, -0.2) is 9.59 Å². The molecule has 0 aliphatic heterocycles. The van der Waals surface area contributed by atoms with Gasteiger partial charge in [-0.05, 0) is 42.5 Å². The Kier molecular flexibility index (Phi) is 4.60. The highest BCUT2D eigenvalue weighted by Crippen LogP contribution is 2.25. The van der Waals surface area contributed by atoms with Crippen LogP contribution < -0.4 is 15.1 Å². The van der Waals surface area contributed by atoms with Gasteiger partial charge in [-0.15, -0.1) is 0 Å². The van der Waals surface area contributed by atoms with Gasteiger partial charge in [0.05, 0.1) is 18.4 Å². The number of esters is 1. The first kappa shape index (κ1) is 17.5. The fourth-order valence-corrected chi connectivity index (χ4v) is 2.83. The molecule has 0 N–H and O–H groups in total. The van der Waals surface area contributed by atoms with Crippen molar-refractivity contribution in [2.45, 2.75) is 0 Å². The average Bonchev–Trinajstić information content (AvgIpc) is 2.73. The van der Waals surface area contributed by atoms with Crippen molar-refractivity contribution in [1.29, 1.82) is 0 Å². The summed E-state index contributed by atoms with van der Waals surface area (Å²) in [6, 6.07) is 18.6. The average molecular weight is 373 g/mol. The molecule has 0 aliphatic rings. The van der Waals surface area contributed by atoms with Gasteiger partial charge in [-0.1, -0.05) is 18.2 Å². The van der Waals surface area contributed by atoms with Crippen LogP contribution in [0.4, 0.5) is 0 Å². The number of fused-ring (bicyclic) bond motifs is 1. The molecule has 138 valence electrons. The van der Waals surface area contributed by atoms with E-state index in [1.807, 2.05) is 0 Å². The predicted octanol–water partition coefficient (Wildman–Crippen LogP) is 4.08. The number of ether oxygens (including phenoxy) is 2. The lowest BCUT2D eigenvalue weighted by Crippen LogP contribution is -2.10. The Morgan fingerprint density at radius 2 is 1.82 bits per heavy atom. The van der Waals surface area contributed by atoms with E-state index in [2.05, 4.69) is 4.98 Å². The SMILES string of the molecule is COc1ccccc1C(=O)Oc1ccc2cc(-c3ccccn3)c(=O)oc2c1. The molecule has 0 radical (unpaired) electrons. The first-order chi connectivity index (χ1) is 13.7. The number of carbonyl (C=O) groups is 1. The Balaban J connectivity index is 1.67. The van der Waals surface area contributed by atoms with Crippen molar-refractivity contribution in [3.05, 3.63) is 88.9 Å². The van der Waals surface area contributed by atoms with Crippen LogP contribution in [0.5, 0.6) is 11.5 Å². The van der Waals surface area contributed by atoms with E-state index in [4.69, 9.17) is 13.9 Å². The van der Waals surface area contributed by atoms with E-state index in [9.17, 15) is 9.59 Å². The molecule has 0 bridgehead atoms. The molecule has 4 aromatic rings. The summed E-state index contributed by atoms with van der Waals surface area (Å²) < 4.78 is 16.0. The van der Waals surface area contributed by atoms with Crippen LogP contribution in [0.15, 0.2) is 82.1 Å². The van der Waals surface area contributed by atoms with Gasteiger partial charge in [-0.2, -0.15) is 0 Å². The lowest BCUT2D eigenvalue weighted by atomic mass is 10.1. The van der Waals surface area contributed by atoms with Crippen LogP contribution in [0, 0.1) is 0 Å². The van der Waals surface area contributed by atoms with Crippen molar-refractivity contribution in [1.82, 2.24) is 4.98 Å². The van der Waals surface area contributed by atoms with Crippen molar-refractivity contribution in [2.75, 3.05) is 7.11 Å². The fraction of sp³-hybridized carbons (Fsp3) is 0.0455. The van der Waals surface area contributed by atoms with Crippen molar-refractivity contribution in [3.63, 3.8) is 0 Å². The maximum absolute atomic E-state index is 12.4. The van der Waals surface area contributed by atoms with Crippen molar-refractivity contribution in [2.24, 2.45) is 0 Å². The van der Waals surface area contributed by atoms with Crippen molar-refractivity contribution in [3.8, 4) is 22.8 Å². The van der Waals surface area contributed by atoms with E-state index in [0.717, 1.165) is 0 Å². The standard InChI is InChI=1S/C22H15NO5/c1-26-19-8-3-2-6-16(19)21(24)27-15-10-9-14-12-17(18-7-4-5-11-23-18)22(25)28-20(14)13-15/h2-13H,1H3. The first-order valence-corrected chi connectivity index (χ1v) is 8.50. The van der Waals surface area contributed by atoms with Crippen LogP contribution >= 0.6 is 0 Å². The number of carbonyl (C=O) groups excluding carboxylic acids is 1. The summed E-state index contributed by atoms with van der Waals surface area (Å²) in [7, 11) is 1.48.